The maximum absolute atomic E-state index is 11.9. The largest absolute Gasteiger partial charge is 0.384 e. The lowest BCUT2D eigenvalue weighted by atomic mass is 10.1. The molecule has 0 saturated carbocycles. The zero-order valence-electron chi connectivity index (χ0n) is 9.57. The highest BCUT2D eigenvalue weighted by atomic mass is 35.5. The smallest absolute Gasteiger partial charge is 0.252 e. The number of nitrogens with zero attached hydrogens (tertiary/aromatic N) is 1. The lowest BCUT2D eigenvalue weighted by Crippen LogP contribution is -2.50. The number of piperidine rings is 1. The van der Waals surface area contributed by atoms with Gasteiger partial charge in [-0.3, -0.25) is 9.59 Å². The van der Waals surface area contributed by atoms with E-state index in [1.54, 1.807) is 0 Å². The highest BCUT2D eigenvalue weighted by molar-refractivity contribution is 6.29. The van der Waals surface area contributed by atoms with Crippen LogP contribution in [-0.2, 0) is 4.79 Å². The second-order valence-electron chi connectivity index (χ2n) is 4.06. The summed E-state index contributed by atoms with van der Waals surface area (Å²) in [6, 6.07) is 2.33. The lowest BCUT2D eigenvalue weighted by molar-refractivity contribution is -0.124. The number of aromatic nitrogens is 1. The fourth-order valence-electron chi connectivity index (χ4n) is 1.80. The van der Waals surface area contributed by atoms with E-state index in [-0.39, 0.29) is 22.8 Å². The van der Waals surface area contributed by atoms with Gasteiger partial charge < -0.3 is 16.4 Å². The Labute approximate surface area is 109 Å². The molecular formula is C11H13ClN4O2. The first-order chi connectivity index (χ1) is 8.56. The van der Waals surface area contributed by atoms with Crippen LogP contribution in [0.25, 0.3) is 0 Å². The van der Waals surface area contributed by atoms with Crippen molar-refractivity contribution in [3.8, 4) is 0 Å². The highest BCUT2D eigenvalue weighted by Crippen LogP contribution is 2.13. The Morgan fingerprint density at radius 1 is 1.56 bits per heavy atom. The number of nitrogens with two attached hydrogens (primary N) is 1. The summed E-state index contributed by atoms with van der Waals surface area (Å²) in [5.41, 5.74) is 5.80. The number of carbonyl (C=O) groups is 2. The number of anilines is 1. The average Bonchev–Trinajstić information content (AvgIpc) is 2.31. The monoisotopic (exact) mass is 268 g/mol. The summed E-state index contributed by atoms with van der Waals surface area (Å²) in [6.07, 6.45) is 1.47. The van der Waals surface area contributed by atoms with Crippen LogP contribution in [0.4, 0.5) is 5.82 Å². The van der Waals surface area contributed by atoms with Gasteiger partial charge in [-0.2, -0.15) is 0 Å². The number of nitrogens with one attached hydrogen (secondary N) is 2. The highest BCUT2D eigenvalue weighted by Gasteiger charge is 2.24. The summed E-state index contributed by atoms with van der Waals surface area (Å²) in [4.78, 5) is 27.2. The van der Waals surface area contributed by atoms with Gasteiger partial charge in [-0.25, -0.2) is 4.98 Å². The van der Waals surface area contributed by atoms with Gasteiger partial charge in [0.15, 0.2) is 0 Å². The van der Waals surface area contributed by atoms with Gasteiger partial charge >= 0.3 is 0 Å². The average molecular weight is 269 g/mol. The number of carbonyl (C=O) groups excluding carboxylic acids is 2. The molecule has 2 heterocycles. The molecule has 4 N–H and O–H groups in total. The first-order valence-electron chi connectivity index (χ1n) is 5.58. The summed E-state index contributed by atoms with van der Waals surface area (Å²) in [7, 11) is 0. The molecule has 2 amide bonds. The Morgan fingerprint density at radius 3 is 3.00 bits per heavy atom. The summed E-state index contributed by atoms with van der Waals surface area (Å²) < 4.78 is 0. The minimum atomic E-state index is -0.501. The van der Waals surface area contributed by atoms with Crippen molar-refractivity contribution in [2.45, 2.75) is 18.9 Å². The van der Waals surface area contributed by atoms with Gasteiger partial charge in [0.2, 0.25) is 5.91 Å². The third kappa shape index (κ3) is 2.89. The molecule has 6 nitrogen and oxygen atoms in total. The predicted octanol–water partition coefficient (Wildman–Crippen LogP) is 0.326. The van der Waals surface area contributed by atoms with E-state index in [1.165, 1.54) is 12.1 Å². The Bertz CT molecular complexity index is 472. The Kier molecular flexibility index (Phi) is 3.66. The van der Waals surface area contributed by atoms with Crippen LogP contribution in [0.5, 0.6) is 0 Å². The van der Waals surface area contributed by atoms with Gasteiger partial charge in [0, 0.05) is 12.1 Å². The van der Waals surface area contributed by atoms with E-state index in [0.29, 0.717) is 18.5 Å². The van der Waals surface area contributed by atoms with Gasteiger partial charge in [-0.05, 0) is 25.0 Å². The number of amides is 2. The van der Waals surface area contributed by atoms with Crippen molar-refractivity contribution in [3.05, 3.63) is 22.8 Å². The van der Waals surface area contributed by atoms with E-state index >= 15 is 0 Å². The summed E-state index contributed by atoms with van der Waals surface area (Å²) >= 11 is 5.72. The zero-order valence-corrected chi connectivity index (χ0v) is 10.3. The van der Waals surface area contributed by atoms with E-state index in [1.807, 2.05) is 0 Å². The fraction of sp³-hybridized carbons (Fsp3) is 0.364. The lowest BCUT2D eigenvalue weighted by Gasteiger charge is -2.22. The van der Waals surface area contributed by atoms with Crippen LogP contribution in [0.15, 0.2) is 12.1 Å². The zero-order chi connectivity index (χ0) is 13.1. The van der Waals surface area contributed by atoms with Crippen LogP contribution >= 0.6 is 11.6 Å². The summed E-state index contributed by atoms with van der Waals surface area (Å²) in [6.45, 7) is 0.652. The molecule has 0 bridgehead atoms. The molecule has 1 atom stereocenters. The number of hydrogen-bond acceptors (Lipinski definition) is 4. The minimum absolute atomic E-state index is 0.147. The van der Waals surface area contributed by atoms with Crippen LogP contribution in [0.1, 0.15) is 23.2 Å². The number of halogens is 1. The third-order valence-electron chi connectivity index (χ3n) is 2.67. The van der Waals surface area contributed by atoms with E-state index in [4.69, 9.17) is 17.3 Å². The number of rotatable bonds is 2. The molecule has 0 spiro atoms. The molecule has 96 valence electrons. The van der Waals surface area contributed by atoms with E-state index < -0.39 is 6.04 Å². The molecule has 1 unspecified atom stereocenters. The fourth-order valence-corrected chi connectivity index (χ4v) is 2.01. The second kappa shape index (κ2) is 5.22. The van der Waals surface area contributed by atoms with Crippen molar-refractivity contribution in [2.24, 2.45) is 0 Å². The number of hydrogen-bond donors (Lipinski definition) is 3. The molecule has 1 fully saturated rings. The normalized spacial score (nSPS) is 19.2. The van der Waals surface area contributed by atoms with Crippen LogP contribution in [-0.4, -0.2) is 29.4 Å². The first kappa shape index (κ1) is 12.6. The second-order valence-corrected chi connectivity index (χ2v) is 4.45. The molecule has 18 heavy (non-hydrogen) atoms. The van der Waals surface area contributed by atoms with E-state index in [0.717, 1.165) is 6.42 Å². The molecule has 1 saturated heterocycles. The molecular weight excluding hydrogens is 256 g/mol. The van der Waals surface area contributed by atoms with Gasteiger partial charge in [0.05, 0.1) is 0 Å². The van der Waals surface area contributed by atoms with Crippen molar-refractivity contribution in [1.29, 1.82) is 0 Å². The van der Waals surface area contributed by atoms with Crippen LogP contribution in [0, 0.1) is 0 Å². The van der Waals surface area contributed by atoms with Crippen molar-refractivity contribution in [3.63, 3.8) is 0 Å². The molecule has 2 rings (SSSR count). The number of nitrogen functional groups attached to an aromatic ring is 1. The standard InChI is InChI=1S/C11H13ClN4O2/c12-8-4-6(5-9(13)16-8)10(17)15-7-2-1-3-14-11(7)18/h4-5,7H,1-3H2,(H2,13,16)(H,14,18)(H,15,17). The van der Waals surface area contributed by atoms with Crippen LogP contribution in [0.3, 0.4) is 0 Å². The van der Waals surface area contributed by atoms with Crippen LogP contribution < -0.4 is 16.4 Å². The predicted molar refractivity (Wildman–Crippen MR) is 67.2 cm³/mol. The Morgan fingerprint density at radius 2 is 2.33 bits per heavy atom. The van der Waals surface area contributed by atoms with Gasteiger partial charge in [0.25, 0.3) is 5.91 Å². The third-order valence-corrected chi connectivity index (χ3v) is 2.86. The van der Waals surface area contributed by atoms with Gasteiger partial charge in [0.1, 0.15) is 17.0 Å². The SMILES string of the molecule is Nc1cc(C(=O)NC2CCCNC2=O)cc(Cl)n1. The molecule has 0 radical (unpaired) electrons. The van der Waals surface area contributed by atoms with Gasteiger partial charge in [-0.15, -0.1) is 0 Å². The number of pyridine rings is 1. The molecule has 0 aliphatic carbocycles. The maximum atomic E-state index is 11.9. The van der Waals surface area contributed by atoms with Crippen molar-refractivity contribution in [1.82, 2.24) is 15.6 Å². The molecule has 7 heteroatoms. The Hall–Kier alpha value is -1.82. The Balaban J connectivity index is 2.09. The molecule has 1 aliphatic heterocycles. The van der Waals surface area contributed by atoms with Crippen molar-refractivity contribution < 1.29 is 9.59 Å². The minimum Gasteiger partial charge on any atom is -0.384 e. The topological polar surface area (TPSA) is 97.1 Å². The molecule has 1 aromatic heterocycles. The maximum Gasteiger partial charge on any atom is 0.252 e. The molecule has 1 aliphatic rings. The summed E-state index contributed by atoms with van der Waals surface area (Å²) in [5.74, 6) is -0.378. The van der Waals surface area contributed by atoms with Crippen molar-refractivity contribution >= 4 is 29.2 Å². The van der Waals surface area contributed by atoms with Gasteiger partial charge in [-0.1, -0.05) is 11.6 Å². The van der Waals surface area contributed by atoms with Crippen LogP contribution in [0.2, 0.25) is 5.15 Å². The first-order valence-corrected chi connectivity index (χ1v) is 5.95. The van der Waals surface area contributed by atoms with Crippen molar-refractivity contribution in [2.75, 3.05) is 12.3 Å². The van der Waals surface area contributed by atoms with E-state index in [2.05, 4.69) is 15.6 Å². The summed E-state index contributed by atoms with van der Waals surface area (Å²) in [5, 5.41) is 5.49. The molecule has 0 aromatic carbocycles. The van der Waals surface area contributed by atoms with E-state index in [9.17, 15) is 9.59 Å². The quantitative estimate of drug-likeness (QED) is 0.673. The molecule has 1 aromatic rings.